The van der Waals surface area contributed by atoms with E-state index in [2.05, 4.69) is 198 Å². The topological polar surface area (TPSA) is 27.5 Å². The van der Waals surface area contributed by atoms with E-state index in [9.17, 15) is 0 Å². The van der Waals surface area contributed by atoms with Crippen LogP contribution in [0.1, 0.15) is 19.4 Å². The number of hydrogen-bond acceptors (Lipinski definition) is 4. The standard InChI is InChI=1S/C46H37N5.Pt/c1-32(2)48-31-49(44-23-12-11-22-43(44)48)36-17-13-18-37(29-36)50(35-15-5-4-6-16-35)38-24-25-41-40-20-9-10-21-42(40)51(45(41)30-38)46-28-34(26-27-47-46)39-19-8-7-14-33(39)3;/h4-28,32H,31H2,1-3H3;/q-2;+2. The third-order valence-electron chi connectivity index (χ3n) is 9.95. The first-order valence-corrected chi connectivity index (χ1v) is 17.5. The fourth-order valence-electron chi connectivity index (χ4n) is 7.46. The fourth-order valence-corrected chi connectivity index (χ4v) is 7.46. The molecule has 6 heteroatoms. The number of benzene rings is 6. The molecule has 0 amide bonds. The average molecular weight is 855 g/mol. The Morgan fingerprint density at radius 2 is 1.40 bits per heavy atom. The van der Waals surface area contributed by atoms with Gasteiger partial charge in [-0.2, -0.15) is 12.1 Å². The van der Waals surface area contributed by atoms with Crippen LogP contribution in [0.5, 0.6) is 0 Å². The average Bonchev–Trinajstić information content (AvgIpc) is 3.72. The number of fused-ring (bicyclic) bond motifs is 4. The van der Waals surface area contributed by atoms with Crippen LogP contribution in [0.4, 0.5) is 34.1 Å². The second kappa shape index (κ2) is 13.8. The zero-order chi connectivity index (χ0) is 34.5. The molecule has 1 aliphatic heterocycles. The van der Waals surface area contributed by atoms with Crippen molar-refractivity contribution in [3.8, 4) is 16.9 Å². The van der Waals surface area contributed by atoms with Crippen molar-refractivity contribution in [1.29, 1.82) is 0 Å². The van der Waals surface area contributed by atoms with Crippen LogP contribution in [0, 0.1) is 19.1 Å². The number of hydrogen-bond donors (Lipinski definition) is 0. The predicted octanol–water partition coefficient (Wildman–Crippen LogP) is 11.5. The number of aromatic nitrogens is 2. The summed E-state index contributed by atoms with van der Waals surface area (Å²) in [7, 11) is 0. The van der Waals surface area contributed by atoms with Crippen LogP contribution >= 0.6 is 0 Å². The molecule has 9 rings (SSSR count). The second-order valence-electron chi connectivity index (χ2n) is 13.4. The van der Waals surface area contributed by atoms with Gasteiger partial charge in [-0.25, -0.2) is 4.98 Å². The molecule has 0 atom stereocenters. The van der Waals surface area contributed by atoms with Crippen LogP contribution < -0.4 is 14.7 Å². The molecule has 0 aliphatic carbocycles. The first kappa shape index (κ1) is 33.5. The van der Waals surface area contributed by atoms with Crippen molar-refractivity contribution in [2.45, 2.75) is 26.8 Å². The van der Waals surface area contributed by atoms with Gasteiger partial charge < -0.3 is 19.3 Å². The largest absolute Gasteiger partial charge is 2.00 e. The SMILES string of the molecule is Cc1ccccc1-c1ccnc(-n2c3[c-]c(N(c4[c-]c(N5CN(C(C)C)c6ccccc65)ccc4)c4ccccc4)ccc3c3ccccc32)c1.[Pt+2]. The normalized spacial score (nSPS) is 12.4. The van der Waals surface area contributed by atoms with E-state index in [4.69, 9.17) is 4.98 Å². The van der Waals surface area contributed by atoms with Crippen LogP contribution in [0.15, 0.2) is 152 Å². The van der Waals surface area contributed by atoms with Gasteiger partial charge in [0, 0.05) is 23.4 Å². The van der Waals surface area contributed by atoms with E-state index in [1.165, 1.54) is 27.9 Å². The quantitative estimate of drug-likeness (QED) is 0.149. The maximum atomic E-state index is 4.93. The minimum atomic E-state index is 0. The molecule has 52 heavy (non-hydrogen) atoms. The smallest absolute Gasteiger partial charge is 0.358 e. The second-order valence-corrected chi connectivity index (χ2v) is 13.4. The Bertz CT molecular complexity index is 2540. The van der Waals surface area contributed by atoms with E-state index in [-0.39, 0.29) is 21.1 Å². The van der Waals surface area contributed by atoms with Gasteiger partial charge in [0.05, 0.1) is 18.0 Å². The molecule has 0 spiro atoms. The van der Waals surface area contributed by atoms with Crippen molar-refractivity contribution >= 4 is 55.9 Å². The van der Waals surface area contributed by atoms with E-state index in [0.29, 0.717) is 6.04 Å². The minimum Gasteiger partial charge on any atom is -0.358 e. The molecule has 1 aliphatic rings. The molecule has 3 heterocycles. The van der Waals surface area contributed by atoms with Crippen LogP contribution in [0.2, 0.25) is 0 Å². The Labute approximate surface area is 319 Å². The van der Waals surface area contributed by atoms with E-state index < -0.39 is 0 Å². The van der Waals surface area contributed by atoms with Gasteiger partial charge in [0.25, 0.3) is 0 Å². The third-order valence-corrected chi connectivity index (χ3v) is 9.95. The molecule has 0 unspecified atom stereocenters. The van der Waals surface area contributed by atoms with Crippen molar-refractivity contribution in [2.24, 2.45) is 0 Å². The minimum absolute atomic E-state index is 0. The summed E-state index contributed by atoms with van der Waals surface area (Å²) in [6.45, 7) is 7.42. The fraction of sp³-hybridized carbons (Fsp3) is 0.109. The van der Waals surface area contributed by atoms with Crippen LogP contribution in [-0.2, 0) is 21.1 Å². The number of rotatable bonds is 7. The molecule has 6 aromatic carbocycles. The molecule has 8 aromatic rings. The Kier molecular flexibility index (Phi) is 8.90. The van der Waals surface area contributed by atoms with E-state index >= 15 is 0 Å². The number of pyridine rings is 1. The summed E-state index contributed by atoms with van der Waals surface area (Å²) in [5, 5.41) is 2.30. The Balaban J connectivity index is 0.00000387. The third kappa shape index (κ3) is 5.76. The summed E-state index contributed by atoms with van der Waals surface area (Å²) in [5.41, 5.74) is 12.0. The van der Waals surface area contributed by atoms with Gasteiger partial charge in [-0.15, -0.1) is 35.7 Å². The summed E-state index contributed by atoms with van der Waals surface area (Å²) in [6, 6.07) is 59.4. The first-order valence-electron chi connectivity index (χ1n) is 17.5. The monoisotopic (exact) mass is 854 g/mol. The summed E-state index contributed by atoms with van der Waals surface area (Å²) in [5.74, 6) is 0.859. The van der Waals surface area contributed by atoms with Gasteiger partial charge in [-0.05, 0) is 85.3 Å². The van der Waals surface area contributed by atoms with Crippen molar-refractivity contribution < 1.29 is 21.1 Å². The zero-order valence-electron chi connectivity index (χ0n) is 29.3. The molecular formula is C46H37N5Pt. The molecular weight excluding hydrogens is 818 g/mol. The molecule has 0 saturated carbocycles. The molecule has 0 saturated heterocycles. The summed E-state index contributed by atoms with van der Waals surface area (Å²) < 4.78 is 2.25. The number of anilines is 6. The van der Waals surface area contributed by atoms with Gasteiger partial charge in [-0.3, -0.25) is 0 Å². The first-order chi connectivity index (χ1) is 25.0. The van der Waals surface area contributed by atoms with E-state index in [1.54, 1.807) is 0 Å². The Morgan fingerprint density at radius 3 is 2.23 bits per heavy atom. The Hall–Kier alpha value is -5.64. The van der Waals surface area contributed by atoms with Crippen LogP contribution in [0.3, 0.4) is 0 Å². The van der Waals surface area contributed by atoms with E-state index in [0.717, 1.165) is 57.2 Å². The number of aryl methyl sites for hydroxylation is 1. The predicted molar refractivity (Wildman–Crippen MR) is 212 cm³/mol. The molecule has 0 bridgehead atoms. The molecule has 5 nitrogen and oxygen atoms in total. The molecule has 0 radical (unpaired) electrons. The van der Waals surface area contributed by atoms with Crippen LogP contribution in [0.25, 0.3) is 38.8 Å². The van der Waals surface area contributed by atoms with Crippen LogP contribution in [-0.4, -0.2) is 22.3 Å². The maximum absolute atomic E-state index is 4.93. The summed E-state index contributed by atoms with van der Waals surface area (Å²) in [6.07, 6.45) is 1.91. The van der Waals surface area contributed by atoms with Gasteiger partial charge in [0.15, 0.2) is 0 Å². The number of nitrogens with zero attached hydrogens (tertiary/aromatic N) is 5. The molecule has 0 fully saturated rings. The van der Waals surface area contributed by atoms with Crippen molar-refractivity contribution in [2.75, 3.05) is 21.4 Å². The van der Waals surface area contributed by atoms with Gasteiger partial charge in [0.1, 0.15) is 5.82 Å². The summed E-state index contributed by atoms with van der Waals surface area (Å²) >= 11 is 0. The van der Waals surface area contributed by atoms with Crippen molar-refractivity contribution in [1.82, 2.24) is 9.55 Å². The van der Waals surface area contributed by atoms with Gasteiger partial charge in [0.2, 0.25) is 0 Å². The number of para-hydroxylation sites is 4. The molecule has 256 valence electrons. The summed E-state index contributed by atoms with van der Waals surface area (Å²) in [4.78, 5) is 12.0. The van der Waals surface area contributed by atoms with Crippen molar-refractivity contribution in [3.05, 3.63) is 169 Å². The van der Waals surface area contributed by atoms with Crippen molar-refractivity contribution in [3.63, 3.8) is 0 Å². The maximum Gasteiger partial charge on any atom is 2.00 e. The Morgan fingerprint density at radius 1 is 0.673 bits per heavy atom. The zero-order valence-corrected chi connectivity index (χ0v) is 31.5. The molecule has 2 aromatic heterocycles. The molecule has 0 N–H and O–H groups in total. The van der Waals surface area contributed by atoms with E-state index in [1.807, 2.05) is 6.20 Å². The van der Waals surface area contributed by atoms with Gasteiger partial charge in [-0.1, -0.05) is 95.4 Å². The van der Waals surface area contributed by atoms with Gasteiger partial charge >= 0.3 is 21.1 Å².